The minimum atomic E-state index is -1.11. The van der Waals surface area contributed by atoms with E-state index in [0.29, 0.717) is 0 Å². The summed E-state index contributed by atoms with van der Waals surface area (Å²) < 4.78 is 0. The standard InChI is InChI=1S/C17H15NO2/c1-17(20,13-4-7-15(19)8-5-13)14-6-9-16-12(11-14)3-2-10-18-16/h2-11,19-20H,1H3. The van der Waals surface area contributed by atoms with Gasteiger partial charge in [0.05, 0.1) is 5.52 Å². The third kappa shape index (κ3) is 2.12. The van der Waals surface area contributed by atoms with E-state index in [4.69, 9.17) is 0 Å². The van der Waals surface area contributed by atoms with Crippen LogP contribution >= 0.6 is 0 Å². The lowest BCUT2D eigenvalue weighted by Crippen LogP contribution is -2.22. The molecule has 0 radical (unpaired) electrons. The Morgan fingerprint density at radius 3 is 2.40 bits per heavy atom. The molecule has 2 aromatic carbocycles. The molecule has 3 aromatic rings. The number of aromatic nitrogens is 1. The van der Waals surface area contributed by atoms with Crippen LogP contribution < -0.4 is 0 Å². The van der Waals surface area contributed by atoms with Crippen LogP contribution in [0.15, 0.2) is 60.8 Å². The summed E-state index contributed by atoms with van der Waals surface area (Å²) in [6, 6.07) is 16.2. The van der Waals surface area contributed by atoms with Crippen molar-refractivity contribution in [2.45, 2.75) is 12.5 Å². The minimum absolute atomic E-state index is 0.187. The van der Waals surface area contributed by atoms with E-state index in [-0.39, 0.29) is 5.75 Å². The summed E-state index contributed by atoms with van der Waals surface area (Å²) in [6.07, 6.45) is 1.75. The van der Waals surface area contributed by atoms with E-state index in [1.165, 1.54) is 0 Å². The quantitative estimate of drug-likeness (QED) is 0.748. The van der Waals surface area contributed by atoms with Crippen LogP contribution in [0.4, 0.5) is 0 Å². The van der Waals surface area contributed by atoms with Crippen LogP contribution in [-0.4, -0.2) is 15.2 Å². The molecule has 3 heteroatoms. The van der Waals surface area contributed by atoms with E-state index in [9.17, 15) is 10.2 Å². The number of hydrogen-bond donors (Lipinski definition) is 2. The lowest BCUT2D eigenvalue weighted by Gasteiger charge is -2.25. The van der Waals surface area contributed by atoms with Gasteiger partial charge >= 0.3 is 0 Å². The second kappa shape index (κ2) is 4.62. The number of nitrogens with zero attached hydrogens (tertiary/aromatic N) is 1. The van der Waals surface area contributed by atoms with Gasteiger partial charge in [-0.3, -0.25) is 4.98 Å². The Morgan fingerprint density at radius 1 is 0.950 bits per heavy atom. The zero-order chi connectivity index (χ0) is 14.2. The molecule has 0 amide bonds. The first-order valence-corrected chi connectivity index (χ1v) is 6.44. The number of benzene rings is 2. The zero-order valence-corrected chi connectivity index (χ0v) is 11.1. The highest BCUT2D eigenvalue weighted by molar-refractivity contribution is 5.79. The SMILES string of the molecule is CC(O)(c1ccc(O)cc1)c1ccc2ncccc2c1. The molecule has 0 saturated heterocycles. The van der Waals surface area contributed by atoms with Crippen molar-refractivity contribution in [3.8, 4) is 5.75 Å². The third-order valence-corrected chi connectivity index (χ3v) is 3.59. The van der Waals surface area contributed by atoms with Gasteiger partial charge in [0.25, 0.3) is 0 Å². The molecule has 0 fully saturated rings. The van der Waals surface area contributed by atoms with Crippen LogP contribution in [0, 0.1) is 0 Å². The molecule has 3 nitrogen and oxygen atoms in total. The molecule has 20 heavy (non-hydrogen) atoms. The highest BCUT2D eigenvalue weighted by Crippen LogP contribution is 2.31. The summed E-state index contributed by atoms with van der Waals surface area (Å²) in [5.41, 5.74) is 1.32. The van der Waals surface area contributed by atoms with Gasteiger partial charge in [-0.2, -0.15) is 0 Å². The van der Waals surface area contributed by atoms with Crippen LogP contribution in [0.1, 0.15) is 18.1 Å². The van der Waals surface area contributed by atoms with Crippen molar-refractivity contribution in [1.29, 1.82) is 0 Å². The first kappa shape index (κ1) is 12.6. The highest BCUT2D eigenvalue weighted by Gasteiger charge is 2.25. The summed E-state index contributed by atoms with van der Waals surface area (Å²) in [4.78, 5) is 4.27. The Hall–Kier alpha value is -2.39. The van der Waals surface area contributed by atoms with Gasteiger partial charge in [-0.25, -0.2) is 0 Å². The fourth-order valence-corrected chi connectivity index (χ4v) is 2.33. The monoisotopic (exact) mass is 265 g/mol. The molecule has 2 N–H and O–H groups in total. The number of hydrogen-bond acceptors (Lipinski definition) is 3. The van der Waals surface area contributed by atoms with Crippen molar-refractivity contribution in [2.75, 3.05) is 0 Å². The molecule has 1 heterocycles. The maximum absolute atomic E-state index is 10.8. The van der Waals surface area contributed by atoms with Gasteiger partial charge < -0.3 is 10.2 Å². The lowest BCUT2D eigenvalue weighted by molar-refractivity contribution is 0.102. The lowest BCUT2D eigenvalue weighted by atomic mass is 9.87. The molecule has 3 rings (SSSR count). The van der Waals surface area contributed by atoms with Gasteiger partial charge in [0.1, 0.15) is 11.4 Å². The van der Waals surface area contributed by atoms with Gasteiger partial charge in [0.2, 0.25) is 0 Å². The molecule has 0 spiro atoms. The number of rotatable bonds is 2. The molecule has 0 aliphatic heterocycles. The number of phenolic OH excluding ortho intramolecular Hbond substituents is 1. The van der Waals surface area contributed by atoms with Gasteiger partial charge in [-0.05, 0) is 48.4 Å². The summed E-state index contributed by atoms with van der Waals surface area (Å²) in [6.45, 7) is 1.75. The molecule has 0 aliphatic rings. The molecule has 0 saturated carbocycles. The number of aromatic hydroxyl groups is 1. The van der Waals surface area contributed by atoms with Crippen molar-refractivity contribution in [3.63, 3.8) is 0 Å². The fraction of sp³-hybridized carbons (Fsp3) is 0.118. The van der Waals surface area contributed by atoms with Crippen LogP contribution in [-0.2, 0) is 5.60 Å². The van der Waals surface area contributed by atoms with Crippen LogP contribution in [0.2, 0.25) is 0 Å². The number of phenols is 1. The maximum atomic E-state index is 10.8. The molecule has 0 bridgehead atoms. The Balaban J connectivity index is 2.10. The van der Waals surface area contributed by atoms with E-state index in [0.717, 1.165) is 22.0 Å². The Morgan fingerprint density at radius 2 is 1.65 bits per heavy atom. The van der Waals surface area contributed by atoms with Crippen molar-refractivity contribution < 1.29 is 10.2 Å². The van der Waals surface area contributed by atoms with Crippen molar-refractivity contribution in [3.05, 3.63) is 71.9 Å². The van der Waals surface area contributed by atoms with E-state index >= 15 is 0 Å². The van der Waals surface area contributed by atoms with Crippen LogP contribution in [0.25, 0.3) is 10.9 Å². The highest BCUT2D eigenvalue weighted by atomic mass is 16.3. The Kier molecular flexibility index (Phi) is 2.92. The van der Waals surface area contributed by atoms with E-state index in [2.05, 4.69) is 4.98 Å². The van der Waals surface area contributed by atoms with E-state index in [1.807, 2.05) is 30.3 Å². The number of fused-ring (bicyclic) bond motifs is 1. The van der Waals surface area contributed by atoms with Gasteiger partial charge in [-0.15, -0.1) is 0 Å². The summed E-state index contributed by atoms with van der Waals surface area (Å²) >= 11 is 0. The second-order valence-electron chi connectivity index (χ2n) is 5.03. The maximum Gasteiger partial charge on any atom is 0.115 e. The van der Waals surface area contributed by atoms with E-state index in [1.54, 1.807) is 37.4 Å². The second-order valence-corrected chi connectivity index (χ2v) is 5.03. The molecule has 0 aliphatic carbocycles. The fourth-order valence-electron chi connectivity index (χ4n) is 2.33. The molecular weight excluding hydrogens is 250 g/mol. The van der Waals surface area contributed by atoms with Crippen molar-refractivity contribution in [1.82, 2.24) is 4.98 Å². The first-order chi connectivity index (χ1) is 9.57. The minimum Gasteiger partial charge on any atom is -0.508 e. The predicted octanol–water partition coefficient (Wildman–Crippen LogP) is 3.20. The molecule has 1 atom stereocenters. The van der Waals surface area contributed by atoms with E-state index < -0.39 is 5.60 Å². The number of aliphatic hydroxyl groups is 1. The third-order valence-electron chi connectivity index (χ3n) is 3.59. The van der Waals surface area contributed by atoms with Gasteiger partial charge in [-0.1, -0.05) is 24.3 Å². The van der Waals surface area contributed by atoms with Crippen LogP contribution in [0.5, 0.6) is 5.75 Å². The Bertz CT molecular complexity index is 748. The summed E-state index contributed by atoms with van der Waals surface area (Å²) in [5.74, 6) is 0.187. The normalized spacial score (nSPS) is 14.1. The summed E-state index contributed by atoms with van der Waals surface area (Å²) in [7, 11) is 0. The van der Waals surface area contributed by atoms with Gasteiger partial charge in [0.15, 0.2) is 0 Å². The predicted molar refractivity (Wildman–Crippen MR) is 78.5 cm³/mol. The van der Waals surface area contributed by atoms with Crippen molar-refractivity contribution in [2.24, 2.45) is 0 Å². The first-order valence-electron chi connectivity index (χ1n) is 6.44. The largest absolute Gasteiger partial charge is 0.508 e. The smallest absolute Gasteiger partial charge is 0.115 e. The summed E-state index contributed by atoms with van der Waals surface area (Å²) in [5, 5.41) is 21.1. The Labute approximate surface area is 117 Å². The number of pyridine rings is 1. The molecule has 1 unspecified atom stereocenters. The van der Waals surface area contributed by atoms with Gasteiger partial charge in [0, 0.05) is 11.6 Å². The molecular formula is C17H15NO2. The average molecular weight is 265 g/mol. The molecule has 100 valence electrons. The average Bonchev–Trinajstić information content (AvgIpc) is 2.47. The topological polar surface area (TPSA) is 53.4 Å². The van der Waals surface area contributed by atoms with Crippen LogP contribution in [0.3, 0.4) is 0 Å². The molecule has 1 aromatic heterocycles. The zero-order valence-electron chi connectivity index (χ0n) is 11.1. The van der Waals surface area contributed by atoms with Crippen molar-refractivity contribution >= 4 is 10.9 Å².